The monoisotopic (exact) mass is 331 g/mol. The molecule has 0 aliphatic rings. The first-order valence-corrected chi connectivity index (χ1v) is 5.54. The third-order valence-corrected chi connectivity index (χ3v) is 2.60. The quantitative estimate of drug-likeness (QED) is 0.612. The molecule has 0 amide bonds. The molecule has 0 fully saturated rings. The number of carbonyl (C=O) groups is 1. The normalized spacial score (nSPS) is 11.4. The molecular formula is C9H6BrClF3NO2. The van der Waals surface area contributed by atoms with Crippen LogP contribution < -0.4 is 0 Å². The summed E-state index contributed by atoms with van der Waals surface area (Å²) in [5.41, 5.74) is -1.40. The van der Waals surface area contributed by atoms with Crippen LogP contribution in [0, 0.1) is 0 Å². The fraction of sp³-hybridized carbons (Fsp3) is 0.333. The molecule has 3 nitrogen and oxygen atoms in total. The maximum atomic E-state index is 12.5. The average molecular weight is 333 g/mol. The van der Waals surface area contributed by atoms with Crippen molar-refractivity contribution < 1.29 is 22.7 Å². The Labute approximate surface area is 108 Å². The minimum absolute atomic E-state index is 0.0789. The second kappa shape index (κ2) is 5.22. The third-order valence-electron chi connectivity index (χ3n) is 1.70. The predicted molar refractivity (Wildman–Crippen MR) is 57.9 cm³/mol. The highest BCUT2D eigenvalue weighted by Crippen LogP contribution is 2.36. The van der Waals surface area contributed by atoms with E-state index in [2.05, 4.69) is 25.7 Å². The second-order valence-corrected chi connectivity index (χ2v) is 4.03. The summed E-state index contributed by atoms with van der Waals surface area (Å²) in [5.74, 6) is -0.869. The molecular weight excluding hydrogens is 326 g/mol. The summed E-state index contributed by atoms with van der Waals surface area (Å²) < 4.78 is 41.5. The number of carbonyl (C=O) groups excluding carboxylic acids is 1. The highest BCUT2D eigenvalue weighted by Gasteiger charge is 2.35. The zero-order chi connectivity index (χ0) is 13.2. The molecule has 17 heavy (non-hydrogen) atoms. The zero-order valence-electron chi connectivity index (χ0n) is 8.44. The van der Waals surface area contributed by atoms with Gasteiger partial charge in [-0.1, -0.05) is 11.6 Å². The lowest BCUT2D eigenvalue weighted by Gasteiger charge is -2.10. The van der Waals surface area contributed by atoms with Crippen LogP contribution >= 0.6 is 27.5 Å². The molecule has 1 aromatic rings. The average Bonchev–Trinajstić information content (AvgIpc) is 2.19. The van der Waals surface area contributed by atoms with Crippen LogP contribution in [0.1, 0.15) is 23.0 Å². The first kappa shape index (κ1) is 14.2. The van der Waals surface area contributed by atoms with Crippen LogP contribution in [0.5, 0.6) is 0 Å². The van der Waals surface area contributed by atoms with Crippen LogP contribution in [0.3, 0.4) is 0 Å². The number of esters is 1. The Morgan fingerprint density at radius 1 is 1.59 bits per heavy atom. The van der Waals surface area contributed by atoms with Gasteiger partial charge in [0.05, 0.1) is 17.2 Å². The molecule has 0 aliphatic carbocycles. The van der Waals surface area contributed by atoms with Gasteiger partial charge in [-0.15, -0.1) is 0 Å². The van der Waals surface area contributed by atoms with E-state index in [0.717, 1.165) is 0 Å². The lowest BCUT2D eigenvalue weighted by molar-refractivity contribution is -0.138. The summed E-state index contributed by atoms with van der Waals surface area (Å²) >= 11 is 8.19. The molecule has 0 aromatic carbocycles. The van der Waals surface area contributed by atoms with E-state index in [9.17, 15) is 18.0 Å². The SMILES string of the molecule is CCOC(=O)c1nc(Br)c(C(F)(F)F)cc1Cl. The van der Waals surface area contributed by atoms with Crippen molar-refractivity contribution >= 4 is 33.5 Å². The molecule has 94 valence electrons. The van der Waals surface area contributed by atoms with Crippen LogP contribution in [0.2, 0.25) is 5.02 Å². The van der Waals surface area contributed by atoms with Crippen molar-refractivity contribution in [3.8, 4) is 0 Å². The van der Waals surface area contributed by atoms with Crippen molar-refractivity contribution in [3.05, 3.63) is 26.9 Å². The van der Waals surface area contributed by atoms with Gasteiger partial charge in [-0.05, 0) is 28.9 Å². The Balaban J connectivity index is 3.23. The molecule has 0 spiro atoms. The highest BCUT2D eigenvalue weighted by atomic mass is 79.9. The summed E-state index contributed by atoms with van der Waals surface area (Å²) in [4.78, 5) is 14.8. The van der Waals surface area contributed by atoms with E-state index in [1.807, 2.05) is 0 Å². The number of nitrogens with zero attached hydrogens (tertiary/aromatic N) is 1. The molecule has 0 saturated heterocycles. The third kappa shape index (κ3) is 3.32. The number of pyridine rings is 1. The molecule has 0 N–H and O–H groups in total. The molecule has 0 bridgehead atoms. The van der Waals surface area contributed by atoms with E-state index in [1.165, 1.54) is 0 Å². The highest BCUT2D eigenvalue weighted by molar-refractivity contribution is 9.10. The Kier molecular flexibility index (Phi) is 4.37. The van der Waals surface area contributed by atoms with Gasteiger partial charge in [0.15, 0.2) is 5.69 Å². The number of ether oxygens (including phenoxy) is 1. The number of rotatable bonds is 2. The van der Waals surface area contributed by atoms with Gasteiger partial charge in [0.2, 0.25) is 0 Å². The molecule has 0 saturated carbocycles. The van der Waals surface area contributed by atoms with Crippen LogP contribution in [0.4, 0.5) is 13.2 Å². The van der Waals surface area contributed by atoms with Crippen molar-refractivity contribution in [1.82, 2.24) is 4.98 Å². The summed E-state index contributed by atoms with van der Waals surface area (Å²) in [6, 6.07) is 0.630. The van der Waals surface area contributed by atoms with Gasteiger partial charge in [0.25, 0.3) is 0 Å². The smallest absolute Gasteiger partial charge is 0.419 e. The van der Waals surface area contributed by atoms with Gasteiger partial charge in [-0.25, -0.2) is 9.78 Å². The van der Waals surface area contributed by atoms with E-state index in [-0.39, 0.29) is 12.3 Å². The maximum Gasteiger partial charge on any atom is 0.419 e. The Morgan fingerprint density at radius 3 is 2.65 bits per heavy atom. The summed E-state index contributed by atoms with van der Waals surface area (Å²) in [6.07, 6.45) is -4.59. The first-order valence-electron chi connectivity index (χ1n) is 4.37. The largest absolute Gasteiger partial charge is 0.461 e. The predicted octanol–water partition coefficient (Wildman–Crippen LogP) is 3.69. The van der Waals surface area contributed by atoms with Gasteiger partial charge in [0, 0.05) is 0 Å². The van der Waals surface area contributed by atoms with Gasteiger partial charge in [0.1, 0.15) is 4.60 Å². The number of hydrogen-bond donors (Lipinski definition) is 0. The minimum Gasteiger partial charge on any atom is -0.461 e. The molecule has 0 radical (unpaired) electrons. The molecule has 0 atom stereocenters. The molecule has 0 aliphatic heterocycles. The minimum atomic E-state index is -4.59. The summed E-state index contributed by atoms with van der Waals surface area (Å²) in [6.45, 7) is 1.64. The molecule has 1 aromatic heterocycles. The topological polar surface area (TPSA) is 39.2 Å². The fourth-order valence-electron chi connectivity index (χ4n) is 1.01. The van der Waals surface area contributed by atoms with Gasteiger partial charge < -0.3 is 4.74 Å². The van der Waals surface area contributed by atoms with Crippen LogP contribution in [0.15, 0.2) is 10.7 Å². The number of halogens is 5. The van der Waals surface area contributed by atoms with Crippen LogP contribution in [-0.4, -0.2) is 17.6 Å². The fourth-order valence-corrected chi connectivity index (χ4v) is 1.75. The molecule has 1 rings (SSSR count). The van der Waals surface area contributed by atoms with Crippen LogP contribution in [0.25, 0.3) is 0 Å². The molecule has 0 unspecified atom stereocenters. The van der Waals surface area contributed by atoms with Gasteiger partial charge in [-0.3, -0.25) is 0 Å². The Morgan fingerprint density at radius 2 is 2.18 bits per heavy atom. The maximum absolute atomic E-state index is 12.5. The van der Waals surface area contributed by atoms with Crippen molar-refractivity contribution in [2.45, 2.75) is 13.1 Å². The van der Waals surface area contributed by atoms with E-state index < -0.39 is 27.3 Å². The van der Waals surface area contributed by atoms with Crippen molar-refractivity contribution in [1.29, 1.82) is 0 Å². The first-order chi connectivity index (χ1) is 7.77. The summed E-state index contributed by atoms with van der Waals surface area (Å²) in [7, 11) is 0. The summed E-state index contributed by atoms with van der Waals surface area (Å²) in [5, 5.41) is -0.404. The lowest BCUT2D eigenvalue weighted by atomic mass is 10.2. The lowest BCUT2D eigenvalue weighted by Crippen LogP contribution is -2.13. The van der Waals surface area contributed by atoms with Crippen molar-refractivity contribution in [2.75, 3.05) is 6.61 Å². The Bertz CT molecular complexity index is 451. The second-order valence-electron chi connectivity index (χ2n) is 2.88. The van der Waals surface area contributed by atoms with E-state index in [0.29, 0.717) is 6.07 Å². The van der Waals surface area contributed by atoms with E-state index in [1.54, 1.807) is 6.92 Å². The molecule has 1 heterocycles. The van der Waals surface area contributed by atoms with E-state index in [4.69, 9.17) is 11.6 Å². The van der Waals surface area contributed by atoms with Gasteiger partial charge in [-0.2, -0.15) is 13.2 Å². The zero-order valence-corrected chi connectivity index (χ0v) is 10.8. The van der Waals surface area contributed by atoms with Crippen LogP contribution in [-0.2, 0) is 10.9 Å². The van der Waals surface area contributed by atoms with Gasteiger partial charge >= 0.3 is 12.1 Å². The molecule has 8 heteroatoms. The number of alkyl halides is 3. The number of hydrogen-bond acceptors (Lipinski definition) is 3. The van der Waals surface area contributed by atoms with E-state index >= 15 is 0 Å². The van der Waals surface area contributed by atoms with Crippen molar-refractivity contribution in [3.63, 3.8) is 0 Å². The van der Waals surface area contributed by atoms with Crippen molar-refractivity contribution in [2.24, 2.45) is 0 Å². The Hall–Kier alpha value is -0.820. The standard InChI is InChI=1S/C9H6BrClF3NO2/c1-2-17-8(16)6-5(11)3-4(7(10)15-6)9(12,13)14/h3H,2H2,1H3. The number of aromatic nitrogens is 1.